The van der Waals surface area contributed by atoms with Gasteiger partial charge in [0.15, 0.2) is 11.4 Å². The second-order valence-corrected chi connectivity index (χ2v) is 10.5. The third-order valence-corrected chi connectivity index (χ3v) is 8.22. The number of likely N-dealkylation sites (N-methyl/N-ethyl adjacent to an activating group) is 1. The summed E-state index contributed by atoms with van der Waals surface area (Å²) in [5, 5.41) is 44.7. The molecule has 3 aliphatic rings. The number of fused-ring (bicyclic) bond motifs is 3. The van der Waals surface area contributed by atoms with E-state index in [1.807, 2.05) is 0 Å². The van der Waals surface area contributed by atoms with Gasteiger partial charge in [-0.1, -0.05) is 25.6 Å². The summed E-state index contributed by atoms with van der Waals surface area (Å²) in [4.78, 5) is 52.5. The molecule has 0 radical (unpaired) electrons. The van der Waals surface area contributed by atoms with Gasteiger partial charge in [0, 0.05) is 11.5 Å². The molecule has 0 unspecified atom stereocenters. The van der Waals surface area contributed by atoms with Crippen LogP contribution in [0, 0.1) is 11.8 Å². The average Bonchev–Trinajstić information content (AvgIpc) is 2.90. The summed E-state index contributed by atoms with van der Waals surface area (Å²) in [7, 11) is 4.36. The molecular weight excluding hydrogens is 532 g/mol. The van der Waals surface area contributed by atoms with Gasteiger partial charge in [0.2, 0.25) is 5.78 Å². The van der Waals surface area contributed by atoms with Crippen LogP contribution in [-0.4, -0.2) is 81.6 Å². The number of nitrogens with two attached hydrogens (primary N) is 1. The summed E-state index contributed by atoms with van der Waals surface area (Å²) in [6.45, 7) is 0. The van der Waals surface area contributed by atoms with Gasteiger partial charge >= 0.3 is 5.97 Å². The molecule has 0 aliphatic heterocycles. The normalized spacial score (nSPS) is 25.2. The van der Waals surface area contributed by atoms with Crippen molar-refractivity contribution in [3.63, 3.8) is 0 Å². The van der Waals surface area contributed by atoms with Gasteiger partial charge in [-0.25, -0.2) is 4.79 Å². The molecule has 0 spiro atoms. The van der Waals surface area contributed by atoms with E-state index < -0.39 is 64.0 Å². The van der Waals surface area contributed by atoms with Gasteiger partial charge in [0.05, 0.1) is 24.3 Å². The number of aromatic hydroxyl groups is 1. The van der Waals surface area contributed by atoms with Gasteiger partial charge in [-0.05, 0) is 67.7 Å². The van der Waals surface area contributed by atoms with Gasteiger partial charge in [0.25, 0.3) is 5.91 Å². The number of methoxy groups -OCH3 is 1. The molecule has 3 aliphatic carbocycles. The van der Waals surface area contributed by atoms with Crippen molar-refractivity contribution in [3.05, 3.63) is 70.0 Å². The number of carbonyl (C=O) groups is 4. The van der Waals surface area contributed by atoms with E-state index in [0.29, 0.717) is 22.3 Å². The van der Waals surface area contributed by atoms with Crippen molar-refractivity contribution in [3.8, 4) is 16.9 Å². The first-order valence-corrected chi connectivity index (χ1v) is 12.5. The predicted molar refractivity (Wildman–Crippen MR) is 148 cm³/mol. The van der Waals surface area contributed by atoms with Crippen LogP contribution in [0.2, 0.25) is 0 Å². The number of rotatable bonds is 4. The van der Waals surface area contributed by atoms with Gasteiger partial charge in [0.1, 0.15) is 22.8 Å². The van der Waals surface area contributed by atoms with Crippen LogP contribution in [0.15, 0.2) is 53.3 Å². The Kier molecular flexibility index (Phi) is 7.32. The fourth-order valence-electron chi connectivity index (χ4n) is 6.42. The van der Waals surface area contributed by atoms with Crippen molar-refractivity contribution in [2.45, 2.75) is 31.9 Å². The Balaban J connectivity index is 0.00000387. The molecule has 0 aromatic heterocycles. The Bertz CT molecular complexity index is 1550. The highest BCUT2D eigenvalue weighted by atomic mass is 16.5. The maximum absolute atomic E-state index is 13.9. The molecule has 2 aromatic rings. The van der Waals surface area contributed by atoms with E-state index in [1.165, 1.54) is 18.1 Å². The number of hydrogen-bond donors (Lipinski definition) is 5. The van der Waals surface area contributed by atoms with Gasteiger partial charge in [-0.15, -0.1) is 0 Å². The maximum Gasteiger partial charge on any atom is 0.337 e. The lowest BCUT2D eigenvalue weighted by atomic mass is 9.57. The molecule has 2 aromatic carbocycles. The number of aliphatic hydroxyl groups is 3. The van der Waals surface area contributed by atoms with Crippen molar-refractivity contribution < 1.29 is 44.3 Å². The third kappa shape index (κ3) is 4.11. The van der Waals surface area contributed by atoms with Crippen molar-refractivity contribution >= 4 is 29.2 Å². The SMILES string of the molecule is C.COC(=O)c1ccc(-c2ccc(O)c3c2C[C@H]2C[C@H]4[C@H](N(C)C)C(=O)C(C(N)=O)=C(O)[C@@]4(O)C(=O)C2=C3O)cc1. The van der Waals surface area contributed by atoms with Crippen LogP contribution in [-0.2, 0) is 25.5 Å². The minimum absolute atomic E-state index is 0. The quantitative estimate of drug-likeness (QED) is 0.272. The van der Waals surface area contributed by atoms with Crippen molar-refractivity contribution in [1.29, 1.82) is 0 Å². The van der Waals surface area contributed by atoms with Gasteiger partial charge < -0.3 is 30.9 Å². The Hall–Kier alpha value is -4.48. The molecule has 6 N–H and O–H groups in total. The lowest BCUT2D eigenvalue weighted by Crippen LogP contribution is -2.65. The van der Waals surface area contributed by atoms with E-state index in [0.717, 1.165) is 0 Å². The van der Waals surface area contributed by atoms with Crippen LogP contribution in [0.5, 0.6) is 5.75 Å². The first kappa shape index (κ1) is 29.5. The predicted octanol–water partition coefficient (Wildman–Crippen LogP) is 2.05. The number of ketones is 2. The number of ether oxygens (including phenoxy) is 1. The number of carbonyl (C=O) groups excluding carboxylic acids is 4. The number of Topliss-reactive ketones (excluding diaryl/α,β-unsaturated/α-hetero) is 2. The molecule has 11 heteroatoms. The number of phenols is 1. The van der Waals surface area contributed by atoms with Crippen molar-refractivity contribution in [1.82, 2.24) is 4.90 Å². The summed E-state index contributed by atoms with van der Waals surface area (Å²) in [6, 6.07) is 8.39. The monoisotopic (exact) mass is 564 g/mol. The fraction of sp³-hybridized carbons (Fsp3) is 0.333. The molecule has 41 heavy (non-hydrogen) atoms. The van der Waals surface area contributed by atoms with Crippen molar-refractivity contribution in [2.24, 2.45) is 17.6 Å². The number of aliphatic hydroxyl groups excluding tert-OH is 2. The topological polar surface area (TPSA) is 188 Å². The number of primary amides is 1. The molecule has 216 valence electrons. The van der Waals surface area contributed by atoms with Crippen LogP contribution in [0.25, 0.3) is 16.9 Å². The van der Waals surface area contributed by atoms with Gasteiger partial charge in [-0.2, -0.15) is 0 Å². The lowest BCUT2D eigenvalue weighted by molar-refractivity contribution is -0.153. The number of phenolic OH excluding ortho intramolecular Hbond substituents is 1. The zero-order valence-corrected chi connectivity index (χ0v) is 22.0. The van der Waals surface area contributed by atoms with E-state index in [4.69, 9.17) is 10.5 Å². The second kappa shape index (κ2) is 10.2. The summed E-state index contributed by atoms with van der Waals surface area (Å²) in [6.07, 6.45) is 0.138. The Morgan fingerprint density at radius 2 is 1.68 bits per heavy atom. The lowest BCUT2D eigenvalue weighted by Gasteiger charge is -2.50. The van der Waals surface area contributed by atoms with Crippen molar-refractivity contribution in [2.75, 3.05) is 21.2 Å². The van der Waals surface area contributed by atoms with Crippen LogP contribution in [0.4, 0.5) is 0 Å². The average molecular weight is 565 g/mol. The molecule has 4 atom stereocenters. The van der Waals surface area contributed by atoms with E-state index in [-0.39, 0.29) is 37.2 Å². The van der Waals surface area contributed by atoms with E-state index >= 15 is 0 Å². The fourth-order valence-corrected chi connectivity index (χ4v) is 6.42. The van der Waals surface area contributed by atoms with E-state index in [2.05, 4.69) is 0 Å². The zero-order chi connectivity index (χ0) is 29.3. The highest BCUT2D eigenvalue weighted by molar-refractivity contribution is 6.24. The zero-order valence-electron chi connectivity index (χ0n) is 22.0. The minimum atomic E-state index is -2.69. The summed E-state index contributed by atoms with van der Waals surface area (Å²) >= 11 is 0. The minimum Gasteiger partial charge on any atom is -0.508 e. The third-order valence-electron chi connectivity index (χ3n) is 8.22. The Morgan fingerprint density at radius 3 is 2.24 bits per heavy atom. The summed E-state index contributed by atoms with van der Waals surface area (Å²) < 4.78 is 4.75. The molecule has 5 rings (SSSR count). The summed E-state index contributed by atoms with van der Waals surface area (Å²) in [5.74, 6) is -7.54. The van der Waals surface area contributed by atoms with Gasteiger partial charge in [-0.3, -0.25) is 19.3 Å². The summed E-state index contributed by atoms with van der Waals surface area (Å²) in [5.41, 5.74) is 3.72. The van der Waals surface area contributed by atoms with Crippen LogP contribution in [0.3, 0.4) is 0 Å². The highest BCUT2D eigenvalue weighted by Gasteiger charge is 2.64. The number of nitrogens with zero attached hydrogens (tertiary/aromatic N) is 1. The molecule has 11 nitrogen and oxygen atoms in total. The largest absolute Gasteiger partial charge is 0.508 e. The Labute approximate surface area is 236 Å². The van der Waals surface area contributed by atoms with E-state index in [1.54, 1.807) is 44.4 Å². The first-order valence-electron chi connectivity index (χ1n) is 12.5. The molecular formula is C30H32N2O9. The van der Waals surface area contributed by atoms with Crippen LogP contribution >= 0.6 is 0 Å². The molecule has 1 saturated carbocycles. The van der Waals surface area contributed by atoms with E-state index in [9.17, 15) is 39.6 Å². The molecule has 0 bridgehead atoms. The highest BCUT2D eigenvalue weighted by Crippen LogP contribution is 2.53. The number of hydrogen-bond acceptors (Lipinski definition) is 10. The number of amides is 1. The van der Waals surface area contributed by atoms with Crippen LogP contribution in [0.1, 0.15) is 35.3 Å². The molecule has 1 fully saturated rings. The number of benzene rings is 2. The molecule has 1 amide bonds. The Morgan fingerprint density at radius 1 is 1.05 bits per heavy atom. The maximum atomic E-state index is 13.9. The van der Waals surface area contributed by atoms with Crippen LogP contribution < -0.4 is 5.73 Å². The standard InChI is InChI=1S/C29H28N2O9.CH4/c1-31(2)22-17-11-14-10-16-15(12-4-6-13(7-5-12)28(38)40-3)8-9-18(32)20(16)23(33)19(14)25(35)29(17,39)26(36)21(24(22)34)27(30)37;/h4-9,14,17,22,32-33,36,39H,10-11H2,1-3H3,(H2,30,37);1H4/t14-,17-,22-,29-;/m0./s1. The number of esters is 1. The first-order chi connectivity index (χ1) is 18.8. The second-order valence-electron chi connectivity index (χ2n) is 10.5. The smallest absolute Gasteiger partial charge is 0.337 e. The molecule has 0 heterocycles. The molecule has 0 saturated heterocycles.